The zero-order valence-electron chi connectivity index (χ0n) is 14.7. The Balaban J connectivity index is 2.01. The Morgan fingerprint density at radius 3 is 2.58 bits per heavy atom. The Hall–Kier alpha value is -1.88. The normalized spacial score (nSPS) is 11.7. The zero-order valence-corrected chi connectivity index (χ0v) is 17.1. The molecular formula is C21H20BrClN2O. The van der Waals surface area contributed by atoms with Crippen molar-refractivity contribution < 1.29 is 4.79 Å². The van der Waals surface area contributed by atoms with E-state index in [9.17, 15) is 4.79 Å². The maximum Gasteiger partial charge on any atom is 0.166 e. The van der Waals surface area contributed by atoms with Gasteiger partial charge >= 0.3 is 0 Å². The fraction of sp³-hybridized carbons (Fsp3) is 0.190. The van der Waals surface area contributed by atoms with Crippen molar-refractivity contribution in [2.24, 2.45) is 0 Å². The Morgan fingerprint density at radius 2 is 1.88 bits per heavy atom. The van der Waals surface area contributed by atoms with E-state index in [1.54, 1.807) is 0 Å². The van der Waals surface area contributed by atoms with Crippen molar-refractivity contribution in [3.05, 3.63) is 68.8 Å². The van der Waals surface area contributed by atoms with Gasteiger partial charge in [-0.2, -0.15) is 0 Å². The summed E-state index contributed by atoms with van der Waals surface area (Å²) in [7, 11) is 3.95. The second kappa shape index (κ2) is 8.21. The fourth-order valence-electron chi connectivity index (χ4n) is 2.82. The molecule has 134 valence electrons. The number of rotatable bonds is 6. The first kappa shape index (κ1) is 18.9. The predicted octanol–water partition coefficient (Wildman–Crippen LogP) is 5.89. The van der Waals surface area contributed by atoms with Gasteiger partial charge in [-0.05, 0) is 50.0 Å². The second-order valence-corrected chi connectivity index (χ2v) is 7.82. The third-order valence-electron chi connectivity index (χ3n) is 4.17. The molecule has 1 N–H and O–H groups in total. The van der Waals surface area contributed by atoms with Crippen LogP contribution in [0.25, 0.3) is 23.1 Å². The van der Waals surface area contributed by atoms with Gasteiger partial charge in [0.2, 0.25) is 0 Å². The van der Waals surface area contributed by atoms with Gasteiger partial charge in [0.25, 0.3) is 0 Å². The molecule has 2 aromatic carbocycles. The van der Waals surface area contributed by atoms with Crippen LogP contribution in [-0.4, -0.2) is 36.3 Å². The quantitative estimate of drug-likeness (QED) is 0.494. The maximum absolute atomic E-state index is 12.9. The van der Waals surface area contributed by atoms with E-state index in [1.807, 2.05) is 73.6 Å². The third-order valence-corrected chi connectivity index (χ3v) is 4.91. The first-order valence-corrected chi connectivity index (χ1v) is 9.54. The number of Topliss-reactive ketones (excluding diaryl/α,β-unsaturated/α-hetero) is 1. The van der Waals surface area contributed by atoms with E-state index in [0.717, 1.165) is 38.7 Å². The van der Waals surface area contributed by atoms with Crippen LogP contribution in [-0.2, 0) is 0 Å². The van der Waals surface area contributed by atoms with E-state index in [0.29, 0.717) is 11.4 Å². The van der Waals surface area contributed by atoms with E-state index >= 15 is 0 Å². The lowest BCUT2D eigenvalue weighted by atomic mass is 10.0. The predicted molar refractivity (Wildman–Crippen MR) is 114 cm³/mol. The Morgan fingerprint density at radius 1 is 1.15 bits per heavy atom. The van der Waals surface area contributed by atoms with Crippen LogP contribution in [0.15, 0.2) is 46.9 Å². The van der Waals surface area contributed by atoms with Gasteiger partial charge in [-0.15, -0.1) is 0 Å². The first-order valence-electron chi connectivity index (χ1n) is 8.37. The standard InChI is InChI=1S/C21H20BrClN2O/c1-25(2)12-11-20(26)21-17-9-6-15(22)13-19(17)24-18(21)10-5-14-3-7-16(23)8-4-14/h3-10,13,24H,11-12H2,1-2H3. The van der Waals surface area contributed by atoms with Crippen LogP contribution < -0.4 is 0 Å². The molecule has 5 heteroatoms. The number of fused-ring (bicyclic) bond motifs is 1. The number of hydrogen-bond acceptors (Lipinski definition) is 2. The van der Waals surface area contributed by atoms with Crippen molar-refractivity contribution in [3.8, 4) is 0 Å². The molecule has 0 unspecified atom stereocenters. The van der Waals surface area contributed by atoms with Gasteiger partial charge in [0.05, 0.1) is 11.3 Å². The van der Waals surface area contributed by atoms with E-state index in [2.05, 4.69) is 20.9 Å². The molecule has 0 aliphatic heterocycles. The summed E-state index contributed by atoms with van der Waals surface area (Å²) in [5.74, 6) is 0.142. The smallest absolute Gasteiger partial charge is 0.166 e. The van der Waals surface area contributed by atoms with Gasteiger partial charge in [0, 0.05) is 33.4 Å². The number of carbonyl (C=O) groups excluding carboxylic acids is 1. The molecule has 3 aromatic rings. The maximum atomic E-state index is 12.9. The van der Waals surface area contributed by atoms with Gasteiger partial charge in [-0.1, -0.05) is 51.8 Å². The van der Waals surface area contributed by atoms with Crippen molar-refractivity contribution >= 4 is 56.4 Å². The molecule has 3 rings (SSSR count). The van der Waals surface area contributed by atoms with Crippen molar-refractivity contribution in [1.29, 1.82) is 0 Å². The highest BCUT2D eigenvalue weighted by Gasteiger charge is 2.17. The molecule has 0 atom stereocenters. The van der Waals surface area contributed by atoms with Gasteiger partial charge in [-0.3, -0.25) is 4.79 Å². The third kappa shape index (κ3) is 4.44. The number of ketones is 1. The number of carbonyl (C=O) groups is 1. The highest BCUT2D eigenvalue weighted by Crippen LogP contribution is 2.28. The van der Waals surface area contributed by atoms with Crippen LogP contribution in [0.3, 0.4) is 0 Å². The van der Waals surface area contributed by atoms with Crippen molar-refractivity contribution in [2.75, 3.05) is 20.6 Å². The molecule has 0 radical (unpaired) electrons. The minimum atomic E-state index is 0.142. The average molecular weight is 432 g/mol. The number of halogens is 2. The van der Waals surface area contributed by atoms with Crippen LogP contribution in [0, 0.1) is 0 Å². The number of benzene rings is 2. The molecule has 0 amide bonds. The summed E-state index contributed by atoms with van der Waals surface area (Å²) < 4.78 is 0.978. The molecule has 26 heavy (non-hydrogen) atoms. The fourth-order valence-corrected chi connectivity index (χ4v) is 3.31. The van der Waals surface area contributed by atoms with Gasteiger partial charge in [0.1, 0.15) is 0 Å². The molecule has 1 heterocycles. The number of aromatic amines is 1. The summed E-state index contributed by atoms with van der Waals surface area (Å²) in [6.45, 7) is 0.725. The molecule has 0 spiro atoms. The van der Waals surface area contributed by atoms with Crippen molar-refractivity contribution in [1.82, 2.24) is 9.88 Å². The Kier molecular flexibility index (Phi) is 5.97. The average Bonchev–Trinajstić information content (AvgIpc) is 2.96. The molecule has 0 aliphatic carbocycles. The summed E-state index contributed by atoms with van der Waals surface area (Å²) in [5, 5.41) is 1.66. The largest absolute Gasteiger partial charge is 0.354 e. The summed E-state index contributed by atoms with van der Waals surface area (Å²) in [6, 6.07) is 13.6. The van der Waals surface area contributed by atoms with Gasteiger partial charge in [-0.25, -0.2) is 0 Å². The van der Waals surface area contributed by atoms with Crippen molar-refractivity contribution in [2.45, 2.75) is 6.42 Å². The van der Waals surface area contributed by atoms with E-state index in [4.69, 9.17) is 11.6 Å². The monoisotopic (exact) mass is 430 g/mol. The minimum Gasteiger partial charge on any atom is -0.354 e. The number of H-pyrrole nitrogens is 1. The second-order valence-electron chi connectivity index (χ2n) is 6.46. The van der Waals surface area contributed by atoms with E-state index in [1.165, 1.54) is 0 Å². The number of nitrogens with zero attached hydrogens (tertiary/aromatic N) is 1. The zero-order chi connectivity index (χ0) is 18.7. The molecule has 0 bridgehead atoms. The molecule has 0 fully saturated rings. The number of nitrogens with one attached hydrogen (secondary N) is 1. The lowest BCUT2D eigenvalue weighted by Crippen LogP contribution is -2.17. The lowest BCUT2D eigenvalue weighted by Gasteiger charge is -2.08. The highest BCUT2D eigenvalue weighted by atomic mass is 79.9. The van der Waals surface area contributed by atoms with Crippen LogP contribution >= 0.6 is 27.5 Å². The lowest BCUT2D eigenvalue weighted by molar-refractivity contribution is 0.0974. The topological polar surface area (TPSA) is 36.1 Å². The summed E-state index contributed by atoms with van der Waals surface area (Å²) >= 11 is 9.43. The first-order chi connectivity index (χ1) is 12.4. The van der Waals surface area contributed by atoms with E-state index in [-0.39, 0.29) is 5.78 Å². The SMILES string of the molecule is CN(C)CCC(=O)c1c(C=Cc2ccc(Cl)cc2)[nH]c2cc(Br)ccc12. The van der Waals surface area contributed by atoms with Crippen LogP contribution in [0.5, 0.6) is 0 Å². The molecule has 0 saturated carbocycles. The van der Waals surface area contributed by atoms with Crippen LogP contribution in [0.1, 0.15) is 28.0 Å². The molecule has 0 saturated heterocycles. The summed E-state index contributed by atoms with van der Waals surface area (Å²) in [5.41, 5.74) is 3.56. The minimum absolute atomic E-state index is 0.142. The molecule has 3 nitrogen and oxygen atoms in total. The summed E-state index contributed by atoms with van der Waals surface area (Å²) in [6.07, 6.45) is 4.43. The van der Waals surface area contributed by atoms with Crippen molar-refractivity contribution in [3.63, 3.8) is 0 Å². The Bertz CT molecular complexity index is 958. The van der Waals surface area contributed by atoms with Crippen LogP contribution in [0.4, 0.5) is 0 Å². The number of hydrogen-bond donors (Lipinski definition) is 1. The number of aromatic nitrogens is 1. The van der Waals surface area contributed by atoms with E-state index < -0.39 is 0 Å². The van der Waals surface area contributed by atoms with Gasteiger partial charge in [0.15, 0.2) is 5.78 Å². The summed E-state index contributed by atoms with van der Waals surface area (Å²) in [4.78, 5) is 18.3. The molecular weight excluding hydrogens is 412 g/mol. The van der Waals surface area contributed by atoms with Crippen LogP contribution in [0.2, 0.25) is 5.02 Å². The van der Waals surface area contributed by atoms with Gasteiger partial charge < -0.3 is 9.88 Å². The highest BCUT2D eigenvalue weighted by molar-refractivity contribution is 9.10. The molecule has 0 aliphatic rings. The Labute approximate surface area is 166 Å². The molecule has 1 aromatic heterocycles.